The first-order valence-electron chi connectivity index (χ1n) is 8.49. The minimum atomic E-state index is -0.408. The lowest BCUT2D eigenvalue weighted by molar-refractivity contribution is 0.00578. The molecule has 1 N–H and O–H groups in total. The summed E-state index contributed by atoms with van der Waals surface area (Å²) < 4.78 is 12.1. The number of nitrogens with one attached hydrogen (secondary N) is 1. The maximum absolute atomic E-state index is 9.50. The Kier molecular flexibility index (Phi) is 4.59. The van der Waals surface area contributed by atoms with Gasteiger partial charge in [0.1, 0.15) is 6.04 Å². The van der Waals surface area contributed by atoms with Crippen molar-refractivity contribution in [2.75, 3.05) is 5.32 Å². The van der Waals surface area contributed by atoms with E-state index < -0.39 is 6.04 Å². The van der Waals surface area contributed by atoms with Gasteiger partial charge in [-0.25, -0.2) is 0 Å². The fraction of sp³-hybridized carbons (Fsp3) is 0.350. The molecule has 0 amide bonds. The summed E-state index contributed by atoms with van der Waals surface area (Å²) in [6.07, 6.45) is 0. The standard InChI is InChI=1S/C20H23BN2O2/c1-19(2)20(3,4)25-21(24-19)16-12-10-15(11-13-16)18(14-22)23-17-8-6-5-7-9-17/h5-13,18,23H,1-4H3. The molecule has 0 bridgehead atoms. The molecule has 5 heteroatoms. The summed E-state index contributed by atoms with van der Waals surface area (Å²) >= 11 is 0. The molecule has 1 unspecified atom stereocenters. The molecule has 3 rings (SSSR count). The van der Waals surface area contributed by atoms with Crippen LogP contribution in [0.1, 0.15) is 39.3 Å². The molecule has 1 fully saturated rings. The molecule has 1 aliphatic heterocycles. The van der Waals surface area contributed by atoms with Gasteiger partial charge in [-0.15, -0.1) is 0 Å². The number of benzene rings is 2. The maximum Gasteiger partial charge on any atom is 0.494 e. The molecule has 2 aromatic rings. The van der Waals surface area contributed by atoms with Crippen molar-refractivity contribution < 1.29 is 9.31 Å². The second-order valence-corrected chi connectivity index (χ2v) is 7.33. The molecular formula is C20H23BN2O2. The van der Waals surface area contributed by atoms with E-state index in [1.165, 1.54) is 0 Å². The average Bonchev–Trinajstić information content (AvgIpc) is 2.81. The Morgan fingerprint density at radius 3 is 2.00 bits per heavy atom. The van der Waals surface area contributed by atoms with E-state index in [1.54, 1.807) is 0 Å². The molecule has 0 radical (unpaired) electrons. The molecule has 1 atom stereocenters. The van der Waals surface area contributed by atoms with Gasteiger partial charge in [0.15, 0.2) is 0 Å². The molecule has 0 saturated carbocycles. The van der Waals surface area contributed by atoms with Crippen molar-refractivity contribution in [3.63, 3.8) is 0 Å². The van der Waals surface area contributed by atoms with Crippen LogP contribution in [0.25, 0.3) is 0 Å². The highest BCUT2D eigenvalue weighted by molar-refractivity contribution is 6.62. The van der Waals surface area contributed by atoms with E-state index in [1.807, 2.05) is 82.3 Å². The van der Waals surface area contributed by atoms with Crippen molar-refractivity contribution in [2.24, 2.45) is 0 Å². The molecular weight excluding hydrogens is 311 g/mol. The van der Waals surface area contributed by atoms with Gasteiger partial charge in [0.25, 0.3) is 0 Å². The minimum absolute atomic E-state index is 0.361. The highest BCUT2D eigenvalue weighted by Crippen LogP contribution is 2.36. The zero-order chi connectivity index (χ0) is 18.1. The van der Waals surface area contributed by atoms with Crippen molar-refractivity contribution >= 4 is 18.3 Å². The molecule has 128 valence electrons. The number of rotatable bonds is 4. The summed E-state index contributed by atoms with van der Waals surface area (Å²) in [5, 5.41) is 12.7. The molecule has 0 aromatic heterocycles. The van der Waals surface area contributed by atoms with Gasteiger partial charge in [0.05, 0.1) is 17.3 Å². The number of hydrogen-bond donors (Lipinski definition) is 1. The summed E-state index contributed by atoms with van der Waals surface area (Å²) in [5.41, 5.74) is 2.07. The summed E-state index contributed by atoms with van der Waals surface area (Å²) in [7, 11) is -0.387. The van der Waals surface area contributed by atoms with Crippen LogP contribution in [0, 0.1) is 11.3 Å². The molecule has 4 nitrogen and oxygen atoms in total. The van der Waals surface area contributed by atoms with Gasteiger partial charge in [-0.05, 0) is 50.9 Å². The Bertz CT molecular complexity index is 751. The monoisotopic (exact) mass is 334 g/mol. The van der Waals surface area contributed by atoms with Crippen LogP contribution in [0.15, 0.2) is 54.6 Å². The highest BCUT2D eigenvalue weighted by Gasteiger charge is 2.51. The quantitative estimate of drug-likeness (QED) is 0.867. The predicted molar refractivity (Wildman–Crippen MR) is 101 cm³/mol. The van der Waals surface area contributed by atoms with Gasteiger partial charge in [-0.3, -0.25) is 0 Å². The normalized spacial score (nSPS) is 19.2. The SMILES string of the molecule is CC1(C)OB(c2ccc(C(C#N)Nc3ccccc3)cc2)OC1(C)C. The Morgan fingerprint density at radius 1 is 0.920 bits per heavy atom. The summed E-state index contributed by atoms with van der Waals surface area (Å²) in [5.74, 6) is 0. The molecule has 0 spiro atoms. The zero-order valence-electron chi connectivity index (χ0n) is 15.1. The Labute approximate surface area is 149 Å². The molecule has 25 heavy (non-hydrogen) atoms. The lowest BCUT2D eigenvalue weighted by Gasteiger charge is -2.32. The lowest BCUT2D eigenvalue weighted by atomic mass is 9.78. The Balaban J connectivity index is 1.75. The molecule has 1 heterocycles. The topological polar surface area (TPSA) is 54.3 Å². The maximum atomic E-state index is 9.50. The van der Waals surface area contributed by atoms with Crippen LogP contribution < -0.4 is 10.8 Å². The third kappa shape index (κ3) is 3.56. The summed E-state index contributed by atoms with van der Waals surface area (Å²) in [6.45, 7) is 8.15. The number of anilines is 1. The van der Waals surface area contributed by atoms with E-state index in [0.29, 0.717) is 0 Å². The number of nitriles is 1. The average molecular weight is 334 g/mol. The van der Waals surface area contributed by atoms with Crippen LogP contribution in [0.5, 0.6) is 0 Å². The second kappa shape index (κ2) is 6.55. The predicted octanol–water partition coefficient (Wildman–Crippen LogP) is 3.66. The first-order chi connectivity index (χ1) is 11.8. The third-order valence-electron chi connectivity index (χ3n) is 5.01. The van der Waals surface area contributed by atoms with Crippen LogP contribution in [-0.2, 0) is 9.31 Å². The third-order valence-corrected chi connectivity index (χ3v) is 5.01. The van der Waals surface area contributed by atoms with Crippen LogP contribution >= 0.6 is 0 Å². The van der Waals surface area contributed by atoms with Gasteiger partial charge in [-0.2, -0.15) is 5.26 Å². The first kappa shape index (κ1) is 17.5. The van der Waals surface area contributed by atoms with Crippen molar-refractivity contribution in [3.05, 3.63) is 60.2 Å². The fourth-order valence-electron chi connectivity index (χ4n) is 2.72. The molecule has 1 aliphatic rings. The van der Waals surface area contributed by atoms with E-state index in [-0.39, 0.29) is 18.3 Å². The van der Waals surface area contributed by atoms with E-state index in [2.05, 4.69) is 11.4 Å². The van der Waals surface area contributed by atoms with Gasteiger partial charge in [-0.1, -0.05) is 42.5 Å². The first-order valence-corrected chi connectivity index (χ1v) is 8.49. The van der Waals surface area contributed by atoms with Crippen LogP contribution in [0.2, 0.25) is 0 Å². The molecule has 2 aromatic carbocycles. The lowest BCUT2D eigenvalue weighted by Crippen LogP contribution is -2.41. The highest BCUT2D eigenvalue weighted by atomic mass is 16.7. The zero-order valence-corrected chi connectivity index (χ0v) is 15.1. The Hall–Kier alpha value is -2.29. The van der Waals surface area contributed by atoms with Crippen molar-refractivity contribution in [2.45, 2.75) is 44.9 Å². The number of hydrogen-bond acceptors (Lipinski definition) is 4. The van der Waals surface area contributed by atoms with E-state index in [0.717, 1.165) is 16.7 Å². The number of para-hydroxylation sites is 1. The van der Waals surface area contributed by atoms with E-state index in [9.17, 15) is 5.26 Å². The van der Waals surface area contributed by atoms with Crippen molar-refractivity contribution in [3.8, 4) is 6.07 Å². The van der Waals surface area contributed by atoms with Crippen LogP contribution in [0.4, 0.5) is 5.69 Å². The van der Waals surface area contributed by atoms with E-state index in [4.69, 9.17) is 9.31 Å². The van der Waals surface area contributed by atoms with Gasteiger partial charge < -0.3 is 14.6 Å². The number of nitrogens with zero attached hydrogens (tertiary/aromatic N) is 1. The van der Waals surface area contributed by atoms with Gasteiger partial charge >= 0.3 is 7.12 Å². The van der Waals surface area contributed by atoms with Gasteiger partial charge in [0, 0.05) is 5.69 Å². The minimum Gasteiger partial charge on any atom is -0.399 e. The van der Waals surface area contributed by atoms with E-state index >= 15 is 0 Å². The fourth-order valence-corrected chi connectivity index (χ4v) is 2.72. The van der Waals surface area contributed by atoms with Crippen LogP contribution in [0.3, 0.4) is 0 Å². The summed E-state index contributed by atoms with van der Waals surface area (Å²) in [6, 6.07) is 19.5. The van der Waals surface area contributed by atoms with Crippen molar-refractivity contribution in [1.29, 1.82) is 5.26 Å². The largest absolute Gasteiger partial charge is 0.494 e. The van der Waals surface area contributed by atoms with Gasteiger partial charge in [0.2, 0.25) is 0 Å². The van der Waals surface area contributed by atoms with Crippen LogP contribution in [-0.4, -0.2) is 18.3 Å². The molecule has 0 aliphatic carbocycles. The second-order valence-electron chi connectivity index (χ2n) is 7.33. The smallest absolute Gasteiger partial charge is 0.399 e. The Morgan fingerprint density at radius 2 is 1.48 bits per heavy atom. The van der Waals surface area contributed by atoms with Crippen molar-refractivity contribution in [1.82, 2.24) is 0 Å². The molecule has 1 saturated heterocycles. The summed E-state index contributed by atoms with van der Waals surface area (Å²) in [4.78, 5) is 0.